The lowest BCUT2D eigenvalue weighted by Gasteiger charge is -2.18. The molecule has 0 saturated carbocycles. The number of carbonyl (C=O) groups is 2. The van der Waals surface area contributed by atoms with Gasteiger partial charge in [-0.3, -0.25) is 9.59 Å². The molecule has 0 unspecified atom stereocenters. The molecule has 28 heavy (non-hydrogen) atoms. The minimum absolute atomic E-state index is 0.0203. The minimum atomic E-state index is -0.143. The van der Waals surface area contributed by atoms with Crippen molar-refractivity contribution in [2.45, 2.75) is 19.4 Å². The van der Waals surface area contributed by atoms with E-state index in [0.29, 0.717) is 36.7 Å². The maximum absolute atomic E-state index is 12.5. The number of likely N-dealkylation sites (N-methyl/N-ethyl adjacent to an activating group) is 1. The molecule has 1 aromatic carbocycles. The fraction of sp³-hybridized carbons (Fsp3) is 0.286. The summed E-state index contributed by atoms with van der Waals surface area (Å²) in [6.07, 6.45) is 5.98. The largest absolute Gasteiger partial charge is 0.493 e. The zero-order valence-corrected chi connectivity index (χ0v) is 16.2. The lowest BCUT2D eigenvalue weighted by Crippen LogP contribution is -2.24. The van der Waals surface area contributed by atoms with Crippen molar-refractivity contribution in [2.75, 3.05) is 26.6 Å². The second-order valence-electron chi connectivity index (χ2n) is 6.50. The summed E-state index contributed by atoms with van der Waals surface area (Å²) in [7, 11) is 4.89. The van der Waals surface area contributed by atoms with Crippen molar-refractivity contribution >= 4 is 23.7 Å². The summed E-state index contributed by atoms with van der Waals surface area (Å²) in [4.78, 5) is 29.8. The molecule has 1 aliphatic heterocycles. The number of aryl methyl sites for hydroxylation is 1. The number of benzene rings is 1. The van der Waals surface area contributed by atoms with E-state index in [1.54, 1.807) is 38.4 Å². The summed E-state index contributed by atoms with van der Waals surface area (Å²) in [5.41, 5.74) is 2.65. The van der Waals surface area contributed by atoms with Gasteiger partial charge in [-0.2, -0.15) is 0 Å². The summed E-state index contributed by atoms with van der Waals surface area (Å²) in [6.45, 7) is 0.387. The van der Waals surface area contributed by atoms with Crippen molar-refractivity contribution in [3.8, 4) is 11.5 Å². The highest BCUT2D eigenvalue weighted by Gasteiger charge is 2.16. The molecule has 0 saturated heterocycles. The second kappa shape index (κ2) is 8.56. The van der Waals surface area contributed by atoms with Crippen LogP contribution in [0, 0.1) is 0 Å². The van der Waals surface area contributed by atoms with E-state index in [2.05, 4.69) is 10.3 Å². The van der Waals surface area contributed by atoms with Gasteiger partial charge in [0.1, 0.15) is 5.82 Å². The molecule has 2 amide bonds. The van der Waals surface area contributed by atoms with Crippen LogP contribution in [0.4, 0.5) is 5.82 Å². The van der Waals surface area contributed by atoms with Crippen LogP contribution in [0.5, 0.6) is 11.5 Å². The summed E-state index contributed by atoms with van der Waals surface area (Å²) >= 11 is 0. The van der Waals surface area contributed by atoms with Crippen molar-refractivity contribution in [3.63, 3.8) is 0 Å². The Morgan fingerprint density at radius 3 is 2.86 bits per heavy atom. The van der Waals surface area contributed by atoms with Crippen LogP contribution in [0.1, 0.15) is 23.1 Å². The number of amides is 2. The lowest BCUT2D eigenvalue weighted by molar-refractivity contribution is -0.125. The van der Waals surface area contributed by atoms with Gasteiger partial charge in [-0.15, -0.1) is 0 Å². The molecule has 0 aliphatic carbocycles. The van der Waals surface area contributed by atoms with Gasteiger partial charge in [0.25, 0.3) is 0 Å². The normalized spacial score (nSPS) is 13.0. The van der Waals surface area contributed by atoms with Gasteiger partial charge >= 0.3 is 0 Å². The highest BCUT2D eigenvalue weighted by molar-refractivity contribution is 5.93. The number of methoxy groups -OCH3 is 2. The molecule has 0 atom stereocenters. The van der Waals surface area contributed by atoms with E-state index in [1.807, 2.05) is 24.3 Å². The van der Waals surface area contributed by atoms with E-state index in [4.69, 9.17) is 9.47 Å². The van der Waals surface area contributed by atoms with Gasteiger partial charge in [0.15, 0.2) is 11.5 Å². The van der Waals surface area contributed by atoms with Gasteiger partial charge < -0.3 is 19.7 Å². The van der Waals surface area contributed by atoms with Gasteiger partial charge in [-0.25, -0.2) is 4.98 Å². The third-order valence-corrected chi connectivity index (χ3v) is 4.55. The van der Waals surface area contributed by atoms with Gasteiger partial charge in [-0.05, 0) is 35.8 Å². The number of ether oxygens (including phenoxy) is 2. The zero-order valence-electron chi connectivity index (χ0n) is 16.2. The maximum atomic E-state index is 12.5. The Kier molecular flexibility index (Phi) is 5.93. The quantitative estimate of drug-likeness (QED) is 0.778. The topological polar surface area (TPSA) is 80.8 Å². The van der Waals surface area contributed by atoms with E-state index in [0.717, 1.165) is 16.7 Å². The summed E-state index contributed by atoms with van der Waals surface area (Å²) in [6, 6.07) is 7.52. The van der Waals surface area contributed by atoms with Crippen LogP contribution >= 0.6 is 0 Å². The van der Waals surface area contributed by atoms with Crippen molar-refractivity contribution in [1.29, 1.82) is 0 Å². The van der Waals surface area contributed by atoms with Crippen molar-refractivity contribution < 1.29 is 19.1 Å². The number of aromatic nitrogens is 1. The first-order valence-electron chi connectivity index (χ1n) is 8.93. The molecule has 2 aromatic rings. The van der Waals surface area contributed by atoms with Gasteiger partial charge in [0.2, 0.25) is 11.8 Å². The maximum Gasteiger partial charge on any atom is 0.246 e. The number of pyridine rings is 1. The average molecular weight is 381 g/mol. The predicted octanol–water partition coefficient (Wildman–Crippen LogP) is 2.66. The number of hydrogen-bond donors (Lipinski definition) is 1. The Labute approximate surface area is 164 Å². The first-order valence-corrected chi connectivity index (χ1v) is 8.93. The Hall–Kier alpha value is -3.35. The van der Waals surface area contributed by atoms with Crippen LogP contribution in [0.2, 0.25) is 0 Å². The highest BCUT2D eigenvalue weighted by Crippen LogP contribution is 2.31. The Morgan fingerprint density at radius 2 is 2.11 bits per heavy atom. The lowest BCUT2D eigenvalue weighted by atomic mass is 10.0. The molecule has 1 N–H and O–H groups in total. The molecule has 2 heterocycles. The van der Waals surface area contributed by atoms with Gasteiger partial charge in [-0.1, -0.05) is 12.1 Å². The molecule has 0 radical (unpaired) electrons. The third-order valence-electron chi connectivity index (χ3n) is 4.55. The molecule has 1 aromatic heterocycles. The van der Waals surface area contributed by atoms with Crippen molar-refractivity contribution in [2.24, 2.45) is 0 Å². The predicted molar refractivity (Wildman–Crippen MR) is 106 cm³/mol. The number of fused-ring (bicyclic) bond motifs is 1. The standard InChI is InChI=1S/C21H23N3O4/c1-24(13-16-5-4-6-17(27-2)20(16)28-3)19(26)10-7-14-11-15-8-9-18(25)23-21(15)22-12-14/h4-7,10-12H,8-9,13H2,1-3H3,(H,22,23,25)/b10-7+. The fourth-order valence-corrected chi connectivity index (χ4v) is 3.07. The Bertz CT molecular complexity index is 924. The van der Waals surface area contributed by atoms with E-state index in [-0.39, 0.29) is 11.8 Å². The van der Waals surface area contributed by atoms with Crippen LogP contribution in [0.3, 0.4) is 0 Å². The average Bonchev–Trinajstić information content (AvgIpc) is 2.71. The van der Waals surface area contributed by atoms with E-state index >= 15 is 0 Å². The molecular weight excluding hydrogens is 358 g/mol. The molecule has 0 spiro atoms. The molecule has 146 valence electrons. The van der Waals surface area contributed by atoms with E-state index in [1.165, 1.54) is 6.08 Å². The SMILES string of the molecule is COc1cccc(CN(C)C(=O)/C=C/c2cnc3c(c2)CCC(=O)N3)c1OC. The second-order valence-corrected chi connectivity index (χ2v) is 6.50. The van der Waals surface area contributed by atoms with Crippen LogP contribution in [0.15, 0.2) is 36.5 Å². The minimum Gasteiger partial charge on any atom is -0.493 e. The van der Waals surface area contributed by atoms with Crippen LogP contribution in [-0.2, 0) is 22.6 Å². The summed E-state index contributed by atoms with van der Waals surface area (Å²) < 4.78 is 10.7. The number of para-hydroxylation sites is 1. The van der Waals surface area contributed by atoms with Crippen LogP contribution in [0.25, 0.3) is 6.08 Å². The number of nitrogens with zero attached hydrogens (tertiary/aromatic N) is 2. The molecule has 0 bridgehead atoms. The molecular formula is C21H23N3O4. The van der Waals surface area contributed by atoms with E-state index in [9.17, 15) is 9.59 Å². The number of rotatable bonds is 6. The number of carbonyl (C=O) groups excluding carboxylic acids is 2. The summed E-state index contributed by atoms with van der Waals surface area (Å²) in [5.74, 6) is 1.68. The number of hydrogen-bond acceptors (Lipinski definition) is 5. The first kappa shape index (κ1) is 19.4. The summed E-state index contributed by atoms with van der Waals surface area (Å²) in [5, 5.41) is 2.75. The molecule has 3 rings (SSSR count). The molecule has 7 heteroatoms. The Balaban J connectivity index is 1.69. The van der Waals surface area contributed by atoms with Crippen LogP contribution < -0.4 is 14.8 Å². The number of nitrogens with one attached hydrogen (secondary N) is 1. The highest BCUT2D eigenvalue weighted by atomic mass is 16.5. The fourth-order valence-electron chi connectivity index (χ4n) is 3.07. The van der Waals surface area contributed by atoms with Crippen molar-refractivity contribution in [1.82, 2.24) is 9.88 Å². The number of anilines is 1. The molecule has 0 fully saturated rings. The zero-order chi connectivity index (χ0) is 20.1. The van der Waals surface area contributed by atoms with Crippen molar-refractivity contribution in [3.05, 3.63) is 53.2 Å². The first-order chi connectivity index (χ1) is 13.5. The monoisotopic (exact) mass is 381 g/mol. The van der Waals surface area contributed by atoms with E-state index < -0.39 is 0 Å². The van der Waals surface area contributed by atoms with Gasteiger partial charge in [0, 0.05) is 37.8 Å². The smallest absolute Gasteiger partial charge is 0.246 e. The van der Waals surface area contributed by atoms with Gasteiger partial charge in [0.05, 0.1) is 14.2 Å². The molecule has 1 aliphatic rings. The third kappa shape index (κ3) is 4.31. The molecule has 7 nitrogen and oxygen atoms in total. The van der Waals surface area contributed by atoms with Crippen LogP contribution in [-0.4, -0.2) is 43.0 Å². The Morgan fingerprint density at radius 1 is 1.29 bits per heavy atom.